The van der Waals surface area contributed by atoms with E-state index in [1.54, 1.807) is 19.1 Å². The fourth-order valence-corrected chi connectivity index (χ4v) is 3.99. The zero-order valence-electron chi connectivity index (χ0n) is 17.6. The van der Waals surface area contributed by atoms with Gasteiger partial charge in [0.2, 0.25) is 0 Å². The van der Waals surface area contributed by atoms with Crippen LogP contribution in [0.15, 0.2) is 30.9 Å². The van der Waals surface area contributed by atoms with E-state index in [1.165, 1.54) is 23.3 Å². The molecule has 0 aliphatic carbocycles. The summed E-state index contributed by atoms with van der Waals surface area (Å²) in [4.78, 5) is 40.8. The van der Waals surface area contributed by atoms with Crippen molar-refractivity contribution < 1.29 is 38.7 Å². The van der Waals surface area contributed by atoms with Crippen molar-refractivity contribution in [1.82, 2.24) is 19.5 Å². The molecule has 1 aliphatic rings. The Morgan fingerprint density at radius 2 is 2.03 bits per heavy atom. The number of anilines is 1. The Bertz CT molecular complexity index is 1260. The standard InChI is InChI=1S/C18H21N6O9P/c1-9-4-10(2-3-11(9)24(27)28)5-19-16-13-17(21-7-20-16)23(8-22-13)18-15(26)14(25)12(33-18)6-32-34(29,30)31/h2-4,7-8,12,14-15,18,25-26H,5-6H2,1H3,(H,19,20,21)(H2,29,30,31)/t12-,14-,15-,18-/m1/s1. The van der Waals surface area contributed by atoms with E-state index in [0.717, 1.165) is 5.56 Å². The lowest BCUT2D eigenvalue weighted by Gasteiger charge is -2.16. The molecule has 182 valence electrons. The van der Waals surface area contributed by atoms with Crippen LogP contribution in [0, 0.1) is 17.0 Å². The molecular formula is C18H21N6O9P. The number of ether oxygens (including phenoxy) is 1. The van der Waals surface area contributed by atoms with Crippen LogP contribution >= 0.6 is 7.82 Å². The second-order valence-corrected chi connectivity index (χ2v) is 8.85. The van der Waals surface area contributed by atoms with Gasteiger partial charge in [-0.25, -0.2) is 19.5 Å². The normalized spacial score (nSPS) is 22.9. The maximum atomic E-state index is 11.0. The van der Waals surface area contributed by atoms with Crippen LogP contribution in [0.5, 0.6) is 0 Å². The molecule has 1 saturated heterocycles. The fourth-order valence-electron chi connectivity index (χ4n) is 3.65. The minimum Gasteiger partial charge on any atom is -0.387 e. The number of aromatic nitrogens is 4. The maximum Gasteiger partial charge on any atom is 0.469 e. The van der Waals surface area contributed by atoms with Gasteiger partial charge in [-0.3, -0.25) is 19.2 Å². The molecule has 0 unspecified atom stereocenters. The molecule has 0 spiro atoms. The second kappa shape index (κ2) is 9.31. The molecule has 0 amide bonds. The number of rotatable bonds is 8. The summed E-state index contributed by atoms with van der Waals surface area (Å²) in [6, 6.07) is 4.73. The molecule has 1 aliphatic heterocycles. The van der Waals surface area contributed by atoms with Gasteiger partial charge in [-0.2, -0.15) is 0 Å². The van der Waals surface area contributed by atoms with E-state index in [-0.39, 0.29) is 11.3 Å². The third kappa shape index (κ3) is 4.90. The van der Waals surface area contributed by atoms with Crippen molar-refractivity contribution in [3.63, 3.8) is 0 Å². The van der Waals surface area contributed by atoms with Crippen LogP contribution in [0.3, 0.4) is 0 Å². The molecule has 34 heavy (non-hydrogen) atoms. The zero-order valence-corrected chi connectivity index (χ0v) is 18.5. The Labute approximate surface area is 191 Å². The minimum atomic E-state index is -4.79. The predicted molar refractivity (Wildman–Crippen MR) is 114 cm³/mol. The number of hydrogen-bond donors (Lipinski definition) is 5. The Balaban J connectivity index is 1.52. The summed E-state index contributed by atoms with van der Waals surface area (Å²) >= 11 is 0. The lowest BCUT2D eigenvalue weighted by atomic mass is 10.1. The van der Waals surface area contributed by atoms with Crippen LogP contribution in [0.25, 0.3) is 11.2 Å². The number of phosphoric acid groups is 1. The molecule has 15 nitrogen and oxygen atoms in total. The first kappa shape index (κ1) is 24.1. The first-order valence-corrected chi connectivity index (χ1v) is 11.4. The number of aliphatic hydroxyl groups is 2. The summed E-state index contributed by atoms with van der Waals surface area (Å²) in [5.74, 6) is 0.356. The smallest absolute Gasteiger partial charge is 0.387 e. The monoisotopic (exact) mass is 496 g/mol. The number of aliphatic hydroxyl groups excluding tert-OH is 2. The van der Waals surface area contributed by atoms with E-state index in [0.29, 0.717) is 23.4 Å². The van der Waals surface area contributed by atoms with Gasteiger partial charge in [0.25, 0.3) is 5.69 Å². The van der Waals surface area contributed by atoms with Crippen molar-refractivity contribution in [1.29, 1.82) is 0 Å². The molecule has 4 rings (SSSR count). The van der Waals surface area contributed by atoms with E-state index in [4.69, 9.17) is 14.5 Å². The molecule has 1 aromatic carbocycles. The number of nitrogens with one attached hydrogen (secondary N) is 1. The van der Waals surface area contributed by atoms with Crippen molar-refractivity contribution in [3.8, 4) is 0 Å². The van der Waals surface area contributed by atoms with Crippen molar-refractivity contribution in [3.05, 3.63) is 52.1 Å². The van der Waals surface area contributed by atoms with E-state index in [9.17, 15) is 24.9 Å². The highest BCUT2D eigenvalue weighted by Gasteiger charge is 2.45. The summed E-state index contributed by atoms with van der Waals surface area (Å²) in [5.41, 5.74) is 1.92. The molecule has 4 atom stereocenters. The first-order chi connectivity index (χ1) is 16.0. The highest BCUT2D eigenvalue weighted by molar-refractivity contribution is 7.46. The Morgan fingerprint density at radius 3 is 2.71 bits per heavy atom. The Kier molecular flexibility index (Phi) is 6.60. The number of aryl methyl sites for hydroxylation is 1. The van der Waals surface area contributed by atoms with E-state index in [1.807, 2.05) is 0 Å². The fraction of sp³-hybridized carbons (Fsp3) is 0.389. The number of nitro benzene ring substituents is 1. The maximum absolute atomic E-state index is 11.0. The molecule has 3 heterocycles. The summed E-state index contributed by atoms with van der Waals surface area (Å²) in [6.07, 6.45) is -2.68. The summed E-state index contributed by atoms with van der Waals surface area (Å²) in [6.45, 7) is 1.30. The molecule has 5 N–H and O–H groups in total. The van der Waals surface area contributed by atoms with Gasteiger partial charge in [-0.15, -0.1) is 0 Å². The highest BCUT2D eigenvalue weighted by atomic mass is 31.2. The van der Waals surface area contributed by atoms with Crippen LogP contribution in [0.2, 0.25) is 0 Å². The topological polar surface area (TPSA) is 215 Å². The summed E-state index contributed by atoms with van der Waals surface area (Å²) in [5, 5.41) is 34.7. The number of benzene rings is 1. The van der Waals surface area contributed by atoms with Crippen molar-refractivity contribution in [2.24, 2.45) is 0 Å². The largest absolute Gasteiger partial charge is 0.469 e. The SMILES string of the molecule is Cc1cc(CNc2ncnc3c2ncn3[C@@H]2O[C@H](COP(=O)(O)O)[C@@H](O)[C@H]2O)ccc1[N+](=O)[O-]. The first-order valence-electron chi connectivity index (χ1n) is 9.92. The number of nitrogens with zero attached hydrogens (tertiary/aromatic N) is 5. The van der Waals surface area contributed by atoms with Crippen LogP contribution in [-0.4, -0.2) is 69.4 Å². The van der Waals surface area contributed by atoms with Crippen molar-refractivity contribution >= 4 is 30.5 Å². The van der Waals surface area contributed by atoms with Gasteiger partial charge in [0.05, 0.1) is 17.9 Å². The third-order valence-electron chi connectivity index (χ3n) is 5.29. The van der Waals surface area contributed by atoms with Gasteiger partial charge >= 0.3 is 7.82 Å². The molecule has 1 fully saturated rings. The van der Waals surface area contributed by atoms with Gasteiger partial charge < -0.3 is 30.1 Å². The summed E-state index contributed by atoms with van der Waals surface area (Å²) in [7, 11) is -4.79. The van der Waals surface area contributed by atoms with Gasteiger partial charge in [-0.05, 0) is 18.6 Å². The van der Waals surface area contributed by atoms with Crippen LogP contribution in [0.4, 0.5) is 11.5 Å². The predicted octanol–water partition coefficient (Wildman–Crippen LogP) is 0.384. The van der Waals surface area contributed by atoms with Crippen molar-refractivity contribution in [2.75, 3.05) is 11.9 Å². The van der Waals surface area contributed by atoms with E-state index >= 15 is 0 Å². The van der Waals surface area contributed by atoms with E-state index in [2.05, 4.69) is 24.8 Å². The molecule has 0 saturated carbocycles. The number of phosphoric ester groups is 1. The van der Waals surface area contributed by atoms with Crippen LogP contribution < -0.4 is 5.32 Å². The van der Waals surface area contributed by atoms with Gasteiger partial charge in [-0.1, -0.05) is 6.07 Å². The van der Waals surface area contributed by atoms with Crippen LogP contribution in [-0.2, 0) is 20.4 Å². The molecule has 3 aromatic rings. The third-order valence-corrected chi connectivity index (χ3v) is 5.78. The quantitative estimate of drug-likeness (QED) is 0.162. The minimum absolute atomic E-state index is 0.0220. The number of nitro groups is 1. The Morgan fingerprint density at radius 1 is 1.26 bits per heavy atom. The Hall–Kier alpha value is -3.04. The van der Waals surface area contributed by atoms with Gasteiger partial charge in [0.15, 0.2) is 23.2 Å². The number of hydrogen-bond acceptors (Lipinski definition) is 11. The van der Waals surface area contributed by atoms with Crippen molar-refractivity contribution in [2.45, 2.75) is 38.0 Å². The van der Waals surface area contributed by atoms with Crippen LogP contribution in [0.1, 0.15) is 17.4 Å². The molecule has 16 heteroatoms. The lowest BCUT2D eigenvalue weighted by molar-refractivity contribution is -0.385. The van der Waals surface area contributed by atoms with E-state index < -0.39 is 43.9 Å². The number of imidazole rings is 1. The molecule has 2 aromatic heterocycles. The number of fused-ring (bicyclic) bond motifs is 1. The highest BCUT2D eigenvalue weighted by Crippen LogP contribution is 2.39. The average molecular weight is 496 g/mol. The second-order valence-electron chi connectivity index (χ2n) is 7.61. The zero-order chi connectivity index (χ0) is 24.6. The molecular weight excluding hydrogens is 475 g/mol. The van der Waals surface area contributed by atoms with Gasteiger partial charge in [0, 0.05) is 18.2 Å². The molecule has 0 radical (unpaired) electrons. The summed E-state index contributed by atoms with van der Waals surface area (Å²) < 4.78 is 22.2. The average Bonchev–Trinajstić information content (AvgIpc) is 3.31. The lowest BCUT2D eigenvalue weighted by Crippen LogP contribution is -2.33. The molecule has 0 bridgehead atoms. The van der Waals surface area contributed by atoms with Gasteiger partial charge in [0.1, 0.15) is 24.6 Å².